The molecule has 0 saturated carbocycles. The largest absolute Gasteiger partial charge is 0.778 e. The average Bonchev–Trinajstić information content (AvgIpc) is 4.44. The summed E-state index contributed by atoms with van der Waals surface area (Å²) in [6, 6.07) is -0.143. The predicted molar refractivity (Wildman–Crippen MR) is 264 cm³/mol. The Morgan fingerprint density at radius 3 is 2.09 bits per heavy atom. The van der Waals surface area contributed by atoms with Gasteiger partial charge in [0.05, 0.1) is 57.4 Å². The number of methoxy groups -OCH3 is 2. The zero-order valence-corrected chi connectivity index (χ0v) is 46.0. The van der Waals surface area contributed by atoms with Gasteiger partial charge in [0.15, 0.2) is 41.4 Å². The number of aromatic amines is 2. The van der Waals surface area contributed by atoms with Crippen LogP contribution >= 0.6 is 31.1 Å². The lowest BCUT2D eigenvalue weighted by molar-refractivity contribution is -0.745. The molecule has 9 heterocycles. The molecule has 0 aromatic carbocycles. The summed E-state index contributed by atoms with van der Waals surface area (Å²) < 4.78 is 112. The number of nitrogens with two attached hydrogens (primary N) is 2. The lowest BCUT2D eigenvalue weighted by Gasteiger charge is -2.35. The lowest BCUT2D eigenvalue weighted by atomic mass is 9.95. The molecule has 440 valence electrons. The van der Waals surface area contributed by atoms with Crippen LogP contribution in [0.15, 0.2) is 34.9 Å². The first kappa shape index (κ1) is 59.5. The van der Waals surface area contributed by atoms with Crippen molar-refractivity contribution in [3.63, 3.8) is 0 Å². The Morgan fingerprint density at radius 1 is 0.787 bits per heavy atom. The molecular weight excluding hydrogens is 1160 g/mol. The van der Waals surface area contributed by atoms with Crippen molar-refractivity contribution in [2.45, 2.75) is 93.4 Å². The summed E-state index contributed by atoms with van der Waals surface area (Å²) in [4.78, 5) is 101. The number of imidazole rings is 3. The van der Waals surface area contributed by atoms with Gasteiger partial charge in [-0.2, -0.15) is 13.6 Å². The maximum atomic E-state index is 14.4. The van der Waals surface area contributed by atoms with E-state index in [0.717, 1.165) is 30.7 Å². The van der Waals surface area contributed by atoms with E-state index in [-0.39, 0.29) is 70.3 Å². The molecule has 13 N–H and O–H groups in total. The molecule has 80 heavy (non-hydrogen) atoms. The highest BCUT2D eigenvalue weighted by atomic mass is 31.3. The highest BCUT2D eigenvalue weighted by molar-refractivity contribution is 7.66. The van der Waals surface area contributed by atoms with E-state index in [1.807, 2.05) is 13.8 Å². The number of ether oxygens (including phenoxy) is 5. The molecule has 6 aromatic heterocycles. The summed E-state index contributed by atoms with van der Waals surface area (Å²) in [5, 5.41) is 36.5. The van der Waals surface area contributed by atoms with Gasteiger partial charge in [-0.15, -0.1) is 0 Å². The zero-order valence-electron chi connectivity index (χ0n) is 42.4. The third-order valence-corrected chi connectivity index (χ3v) is 19.1. The molecule has 6 aromatic rings. The molecule has 16 atom stereocenters. The molecule has 0 spiro atoms. The number of rotatable bonds is 23. The third-order valence-electron chi connectivity index (χ3n) is 13.0. The Kier molecular flexibility index (Phi) is 17.0. The van der Waals surface area contributed by atoms with Crippen LogP contribution in [-0.2, 0) is 71.2 Å². The Hall–Kier alpha value is -5.11. The third kappa shape index (κ3) is 12.0. The number of hydrogen-bond donors (Lipinski definition) is 11. The number of aliphatic hydroxyl groups excluding tert-OH is 3. The maximum Gasteiger partial charge on any atom is 0.490 e. The molecule has 0 radical (unpaired) electrons. The molecule has 3 aliphatic heterocycles. The second kappa shape index (κ2) is 22.9. The van der Waals surface area contributed by atoms with Crippen LogP contribution < -0.4 is 37.4 Å². The van der Waals surface area contributed by atoms with Gasteiger partial charge in [0, 0.05) is 32.8 Å². The first-order valence-electron chi connectivity index (χ1n) is 23.7. The van der Waals surface area contributed by atoms with Crippen LogP contribution in [0.2, 0.25) is 0 Å². The number of phosphoric acid groups is 3. The number of hydrogen-bond acceptors (Lipinski definition) is 29. The number of aryl methyl sites for hydroxylation is 1. The monoisotopic (exact) mass is 1210 g/mol. The van der Waals surface area contributed by atoms with Crippen molar-refractivity contribution in [2.24, 2.45) is 13.0 Å². The van der Waals surface area contributed by atoms with Gasteiger partial charge in [0.2, 0.25) is 17.7 Å². The smallest absolute Gasteiger partial charge is 0.490 e. The maximum absolute atomic E-state index is 14.4. The SMILES string of the molecule is COCC[C@H]1[C@@H](O)[C@H]([n+]2cn(C)c3c(=O)[nH]c(NC(C)C)nc32)O[C@@H]1COP(=O)(O)OP(=O)(O)OP(=O)(O)OCC1O[C@@H](n2cnc3c(N)ncnc32)[C@H](OC)[C@@H]1P(=O)([O-])OC[C@H]1O[C@@H](n2cnc3c(=O)[nH]c(N)nc32)[C@H](O)[C@@H]1O. The summed E-state index contributed by atoms with van der Waals surface area (Å²) in [6.07, 6.45) is -11.2. The summed E-state index contributed by atoms with van der Waals surface area (Å²) in [5.74, 6) is -1.24. The molecule has 3 fully saturated rings. The fourth-order valence-corrected chi connectivity index (χ4v) is 14.7. The molecule has 38 nitrogen and oxygen atoms in total. The second-order valence-corrected chi connectivity index (χ2v) is 25.2. The number of fused-ring (bicyclic) bond motifs is 3. The summed E-state index contributed by atoms with van der Waals surface area (Å²) in [5.41, 5.74) is 8.13. The molecule has 9 rings (SSSR count). The van der Waals surface area contributed by atoms with Gasteiger partial charge in [0.25, 0.3) is 17.1 Å². The summed E-state index contributed by atoms with van der Waals surface area (Å²) >= 11 is 0. The summed E-state index contributed by atoms with van der Waals surface area (Å²) in [6.45, 7) is 0.383. The Labute approximate surface area is 448 Å². The highest BCUT2D eigenvalue weighted by Crippen LogP contribution is 2.68. The minimum atomic E-state index is -6.21. The average molecular weight is 1210 g/mol. The molecule has 0 amide bonds. The predicted octanol–water partition coefficient (Wildman–Crippen LogP) is -2.74. The van der Waals surface area contributed by atoms with E-state index in [0.29, 0.717) is 0 Å². The number of aromatic nitrogens is 12. The van der Waals surface area contributed by atoms with Crippen molar-refractivity contribution in [2.75, 3.05) is 57.4 Å². The molecule has 0 bridgehead atoms. The van der Waals surface area contributed by atoms with Crippen molar-refractivity contribution >= 4 is 82.3 Å². The number of nitrogen functional groups attached to an aromatic ring is 2. The quantitative estimate of drug-likeness (QED) is 0.0229. The van der Waals surface area contributed by atoms with E-state index in [1.54, 1.807) is 7.05 Å². The van der Waals surface area contributed by atoms with Crippen LogP contribution in [0.1, 0.15) is 39.0 Å². The van der Waals surface area contributed by atoms with Crippen LogP contribution in [0.25, 0.3) is 33.5 Å². The standard InChI is InChI=1S/C38H55N15O23P4/c1-15(2)45-38-47-31-22(33(58)49-38)50(3)14-53(31)34-23(54)16(6-7-67-4)17(72-34)8-70-78(61,62)75-80(65,66)76-79(63,64)71-10-19-27(26(68-5)36(74-19)51-12-43-20-28(39)41-11-42-29(20)51)77(59,60)69-9-18-24(55)25(56)35(73-18)52-13-44-21-30(52)46-37(40)48-32(21)57/h11-19,23-27,34-36,54-56H,6-10H2,1-5H3,(H10-,39,40,41,42,45,46,47,48,49,57,58,59,60,61,62,63,64,65,66)/t16-,17-,18-,19?,23-,24-,25-,26-,27-,34-,35-,36-/m1/s1. The Bertz CT molecular complexity index is 3580. The summed E-state index contributed by atoms with van der Waals surface area (Å²) in [7, 11) is -19.6. The Morgan fingerprint density at radius 2 is 1.43 bits per heavy atom. The van der Waals surface area contributed by atoms with Gasteiger partial charge in [-0.25, -0.2) is 38.2 Å². The van der Waals surface area contributed by atoms with E-state index >= 15 is 0 Å². The number of aliphatic hydroxyl groups is 3. The normalized spacial score (nSPS) is 29.4. The van der Waals surface area contributed by atoms with Gasteiger partial charge in [-0.1, -0.05) is 4.98 Å². The van der Waals surface area contributed by atoms with Gasteiger partial charge < -0.3 is 84.5 Å². The molecule has 0 aliphatic carbocycles. The number of anilines is 3. The molecule has 3 saturated heterocycles. The van der Waals surface area contributed by atoms with E-state index in [1.165, 1.54) is 27.1 Å². The van der Waals surface area contributed by atoms with E-state index in [9.17, 15) is 62.7 Å². The van der Waals surface area contributed by atoms with Gasteiger partial charge >= 0.3 is 29.1 Å². The van der Waals surface area contributed by atoms with Crippen molar-refractivity contribution in [1.29, 1.82) is 0 Å². The van der Waals surface area contributed by atoms with Gasteiger partial charge in [-0.3, -0.25) is 42.3 Å². The minimum Gasteiger partial charge on any atom is -0.778 e. The molecule has 42 heteroatoms. The van der Waals surface area contributed by atoms with E-state index in [4.69, 9.17) is 48.7 Å². The van der Waals surface area contributed by atoms with E-state index in [2.05, 4.69) is 53.8 Å². The van der Waals surface area contributed by atoms with Gasteiger partial charge in [0.1, 0.15) is 50.0 Å². The lowest BCUT2D eigenvalue weighted by Crippen LogP contribution is -2.45. The van der Waals surface area contributed by atoms with Crippen molar-refractivity contribution in [3.8, 4) is 0 Å². The molecule has 5 unspecified atom stereocenters. The highest BCUT2D eigenvalue weighted by Gasteiger charge is 2.55. The zero-order chi connectivity index (χ0) is 58.0. The van der Waals surface area contributed by atoms with Crippen LogP contribution in [-0.4, -0.2) is 179 Å². The first-order chi connectivity index (χ1) is 37.6. The number of nitrogens with one attached hydrogen (secondary N) is 3. The molecular formula is C38H55N15O23P4. The topological polar surface area (TPSA) is 531 Å². The van der Waals surface area contributed by atoms with Gasteiger partial charge in [-0.05, 0) is 20.3 Å². The first-order valence-corrected chi connectivity index (χ1v) is 29.8. The Balaban J connectivity index is 0.889. The fourth-order valence-electron chi connectivity index (χ4n) is 9.50. The van der Waals surface area contributed by atoms with Crippen LogP contribution in [0, 0.1) is 5.92 Å². The van der Waals surface area contributed by atoms with Crippen molar-refractivity contribution in [3.05, 3.63) is 46.0 Å². The van der Waals surface area contributed by atoms with Crippen LogP contribution in [0.3, 0.4) is 0 Å². The van der Waals surface area contributed by atoms with Crippen molar-refractivity contribution < 1.29 is 104 Å². The van der Waals surface area contributed by atoms with Crippen LogP contribution in [0.4, 0.5) is 17.7 Å². The number of nitrogens with zero attached hydrogens (tertiary/aromatic N) is 10. The second-order valence-electron chi connectivity index (χ2n) is 18.7. The molecule has 3 aliphatic rings. The van der Waals surface area contributed by atoms with Crippen LogP contribution in [0.5, 0.6) is 0 Å². The van der Waals surface area contributed by atoms with Crippen molar-refractivity contribution in [1.82, 2.24) is 53.6 Å². The van der Waals surface area contributed by atoms with E-state index < -0.39 is 135 Å². The number of H-pyrrole nitrogens is 2. The number of phosphoric ester groups is 2. The minimum absolute atomic E-state index is 0.0161. The fraction of sp³-hybridized carbons (Fsp3) is 0.605.